The van der Waals surface area contributed by atoms with Crippen LogP contribution in [0.5, 0.6) is 5.75 Å². The molecule has 0 saturated heterocycles. The van der Waals surface area contributed by atoms with E-state index in [0.29, 0.717) is 0 Å². The molecule has 0 fully saturated rings. The number of nitrogens with one attached hydrogen (secondary N) is 1. The van der Waals surface area contributed by atoms with Gasteiger partial charge in [-0.25, -0.2) is 0 Å². The fourth-order valence-corrected chi connectivity index (χ4v) is 1.21. The van der Waals surface area contributed by atoms with Crippen LogP contribution < -0.4 is 5.32 Å². The van der Waals surface area contributed by atoms with Gasteiger partial charge in [-0.1, -0.05) is 13.8 Å². The van der Waals surface area contributed by atoms with Crippen molar-refractivity contribution in [3.8, 4) is 5.75 Å². The molecule has 1 amide bonds. The Hall–Kier alpha value is -1.51. The molecular formula is C12H17NO2. The fraction of sp³-hybridized carbons (Fsp3) is 0.417. The number of rotatable bonds is 2. The number of aromatic hydroxyl groups is 1. The molecule has 0 aromatic heterocycles. The topological polar surface area (TPSA) is 49.3 Å². The maximum Gasteiger partial charge on any atom is 0.226 e. The maximum atomic E-state index is 11.5. The average Bonchev–Trinajstić information content (AvgIpc) is 2.13. The molecule has 0 heterocycles. The van der Waals surface area contributed by atoms with Crippen LogP contribution in [0.4, 0.5) is 5.69 Å². The molecule has 3 nitrogen and oxygen atoms in total. The van der Waals surface area contributed by atoms with Crippen LogP contribution in [0, 0.1) is 19.8 Å². The number of carbonyl (C=O) groups excluding carboxylic acids is 1. The summed E-state index contributed by atoms with van der Waals surface area (Å²) in [6, 6.07) is 3.44. The van der Waals surface area contributed by atoms with Gasteiger partial charge >= 0.3 is 0 Å². The number of aryl methyl sites for hydroxylation is 2. The van der Waals surface area contributed by atoms with Gasteiger partial charge in [0, 0.05) is 11.6 Å². The lowest BCUT2D eigenvalue weighted by molar-refractivity contribution is -0.118. The van der Waals surface area contributed by atoms with Crippen LogP contribution in [0.3, 0.4) is 0 Å². The Morgan fingerprint density at radius 2 is 1.87 bits per heavy atom. The summed E-state index contributed by atoms with van der Waals surface area (Å²) in [7, 11) is 0. The van der Waals surface area contributed by atoms with Crippen LogP contribution in [-0.2, 0) is 4.79 Å². The van der Waals surface area contributed by atoms with E-state index < -0.39 is 0 Å². The zero-order valence-corrected chi connectivity index (χ0v) is 9.59. The number of carbonyl (C=O) groups is 1. The van der Waals surface area contributed by atoms with Gasteiger partial charge in [-0.15, -0.1) is 0 Å². The number of benzene rings is 1. The number of phenolic OH excluding ortho intramolecular Hbond substituents is 1. The molecule has 0 aliphatic carbocycles. The van der Waals surface area contributed by atoms with Crippen LogP contribution in [0.25, 0.3) is 0 Å². The zero-order valence-electron chi connectivity index (χ0n) is 9.59. The van der Waals surface area contributed by atoms with E-state index in [1.54, 1.807) is 19.1 Å². The minimum atomic E-state index is -0.0430. The molecule has 3 heteroatoms. The third-order valence-corrected chi connectivity index (χ3v) is 2.33. The van der Waals surface area contributed by atoms with Crippen LogP contribution in [0.1, 0.15) is 25.0 Å². The summed E-state index contributed by atoms with van der Waals surface area (Å²) < 4.78 is 0. The Bertz CT molecular complexity index is 383. The van der Waals surface area contributed by atoms with Crippen molar-refractivity contribution >= 4 is 11.6 Å². The summed E-state index contributed by atoms with van der Waals surface area (Å²) in [6.45, 7) is 7.35. The monoisotopic (exact) mass is 207 g/mol. The highest BCUT2D eigenvalue weighted by molar-refractivity contribution is 5.93. The van der Waals surface area contributed by atoms with Crippen molar-refractivity contribution in [1.82, 2.24) is 0 Å². The first-order chi connectivity index (χ1) is 6.91. The standard InChI is InChI=1S/C12H17NO2/c1-7(2)12(15)13-10-5-9(4)11(14)6-8(10)3/h5-7,14H,1-4H3,(H,13,15). The molecule has 2 N–H and O–H groups in total. The first-order valence-corrected chi connectivity index (χ1v) is 5.03. The molecule has 1 rings (SSSR count). The number of hydrogen-bond donors (Lipinski definition) is 2. The fourth-order valence-electron chi connectivity index (χ4n) is 1.21. The number of hydrogen-bond acceptors (Lipinski definition) is 2. The van der Waals surface area contributed by atoms with Crippen molar-refractivity contribution in [1.29, 1.82) is 0 Å². The molecule has 1 aromatic carbocycles. The summed E-state index contributed by atoms with van der Waals surface area (Å²) in [5.41, 5.74) is 2.40. The van der Waals surface area contributed by atoms with Crippen molar-refractivity contribution in [3.05, 3.63) is 23.3 Å². The molecule has 0 unspecified atom stereocenters. The number of amides is 1. The third-order valence-electron chi connectivity index (χ3n) is 2.33. The first-order valence-electron chi connectivity index (χ1n) is 5.03. The van der Waals surface area contributed by atoms with Gasteiger partial charge in [-0.05, 0) is 37.1 Å². The van der Waals surface area contributed by atoms with Crippen molar-refractivity contribution in [3.63, 3.8) is 0 Å². The minimum absolute atomic E-state index is 0.0109. The average molecular weight is 207 g/mol. The Labute approximate surface area is 90.1 Å². The van der Waals surface area contributed by atoms with Crippen LogP contribution >= 0.6 is 0 Å². The number of anilines is 1. The quantitative estimate of drug-likeness (QED) is 0.732. The molecule has 1 aromatic rings. The predicted octanol–water partition coefficient (Wildman–Crippen LogP) is 2.60. The summed E-state index contributed by atoms with van der Waals surface area (Å²) in [5.74, 6) is 0.205. The van der Waals surface area contributed by atoms with Crippen LogP contribution in [0.2, 0.25) is 0 Å². The van der Waals surface area contributed by atoms with Gasteiger partial charge in [0.05, 0.1) is 0 Å². The second kappa shape index (κ2) is 4.34. The van der Waals surface area contributed by atoms with E-state index in [-0.39, 0.29) is 17.6 Å². The second-order valence-corrected chi connectivity index (χ2v) is 4.10. The van der Waals surface area contributed by atoms with E-state index in [1.165, 1.54) is 0 Å². The van der Waals surface area contributed by atoms with Crippen LogP contribution in [0.15, 0.2) is 12.1 Å². The van der Waals surface area contributed by atoms with Gasteiger partial charge in [0.25, 0.3) is 0 Å². The van der Waals surface area contributed by atoms with Crippen molar-refractivity contribution in [2.45, 2.75) is 27.7 Å². The molecule has 0 aliphatic heterocycles. The summed E-state index contributed by atoms with van der Waals surface area (Å²) in [5, 5.41) is 12.3. The highest BCUT2D eigenvalue weighted by Gasteiger charge is 2.10. The van der Waals surface area contributed by atoms with Crippen LogP contribution in [-0.4, -0.2) is 11.0 Å². The molecule has 0 saturated carbocycles. The molecule has 15 heavy (non-hydrogen) atoms. The zero-order chi connectivity index (χ0) is 11.6. The summed E-state index contributed by atoms with van der Waals surface area (Å²) in [6.07, 6.45) is 0. The molecule has 0 bridgehead atoms. The van der Waals surface area contributed by atoms with Gasteiger partial charge in [0.15, 0.2) is 0 Å². The van der Waals surface area contributed by atoms with Gasteiger partial charge in [-0.3, -0.25) is 4.79 Å². The summed E-state index contributed by atoms with van der Waals surface area (Å²) >= 11 is 0. The maximum absolute atomic E-state index is 11.5. The Balaban J connectivity index is 2.96. The molecule has 0 aliphatic rings. The normalized spacial score (nSPS) is 10.5. The van der Waals surface area contributed by atoms with E-state index in [0.717, 1.165) is 16.8 Å². The predicted molar refractivity (Wildman–Crippen MR) is 61.0 cm³/mol. The van der Waals surface area contributed by atoms with Crippen molar-refractivity contribution < 1.29 is 9.90 Å². The molecule has 0 atom stereocenters. The highest BCUT2D eigenvalue weighted by atomic mass is 16.3. The Morgan fingerprint density at radius 1 is 1.27 bits per heavy atom. The highest BCUT2D eigenvalue weighted by Crippen LogP contribution is 2.25. The van der Waals surface area contributed by atoms with E-state index >= 15 is 0 Å². The lowest BCUT2D eigenvalue weighted by Crippen LogP contribution is -2.18. The number of phenols is 1. The second-order valence-electron chi connectivity index (χ2n) is 4.10. The minimum Gasteiger partial charge on any atom is -0.508 e. The largest absolute Gasteiger partial charge is 0.508 e. The van der Waals surface area contributed by atoms with Gasteiger partial charge < -0.3 is 10.4 Å². The lowest BCUT2D eigenvalue weighted by atomic mass is 10.1. The van der Waals surface area contributed by atoms with E-state index in [2.05, 4.69) is 5.32 Å². The lowest BCUT2D eigenvalue weighted by Gasteiger charge is -2.12. The Kier molecular flexibility index (Phi) is 3.35. The van der Waals surface area contributed by atoms with Crippen molar-refractivity contribution in [2.24, 2.45) is 5.92 Å². The first kappa shape index (κ1) is 11.6. The van der Waals surface area contributed by atoms with E-state index in [9.17, 15) is 9.90 Å². The SMILES string of the molecule is Cc1cc(NC(=O)C(C)C)c(C)cc1O. The smallest absolute Gasteiger partial charge is 0.226 e. The molecule has 0 spiro atoms. The summed E-state index contributed by atoms with van der Waals surface area (Å²) in [4.78, 5) is 11.5. The molecular weight excluding hydrogens is 190 g/mol. The van der Waals surface area contributed by atoms with Gasteiger partial charge in [0.2, 0.25) is 5.91 Å². The van der Waals surface area contributed by atoms with Gasteiger partial charge in [0.1, 0.15) is 5.75 Å². The van der Waals surface area contributed by atoms with E-state index in [1.807, 2.05) is 20.8 Å². The molecule has 0 radical (unpaired) electrons. The Morgan fingerprint density at radius 3 is 2.40 bits per heavy atom. The van der Waals surface area contributed by atoms with Crippen molar-refractivity contribution in [2.75, 3.05) is 5.32 Å². The van der Waals surface area contributed by atoms with Gasteiger partial charge in [-0.2, -0.15) is 0 Å². The molecule has 82 valence electrons. The van der Waals surface area contributed by atoms with E-state index in [4.69, 9.17) is 0 Å². The third kappa shape index (κ3) is 2.72.